The predicted octanol–water partition coefficient (Wildman–Crippen LogP) is 0.283. The first-order valence-corrected chi connectivity index (χ1v) is 4.03. The van der Waals surface area contributed by atoms with Crippen LogP contribution in [0.15, 0.2) is 24.0 Å². The summed E-state index contributed by atoms with van der Waals surface area (Å²) < 4.78 is 0. The first kappa shape index (κ1) is 5.80. The highest BCUT2D eigenvalue weighted by molar-refractivity contribution is 5.37. The van der Waals surface area contributed by atoms with Gasteiger partial charge < -0.3 is 5.73 Å². The minimum Gasteiger partial charge on any atom is -0.311 e. The van der Waals surface area contributed by atoms with E-state index in [2.05, 4.69) is 28.8 Å². The van der Waals surface area contributed by atoms with Crippen molar-refractivity contribution in [1.29, 1.82) is 0 Å². The van der Waals surface area contributed by atoms with Crippen LogP contribution in [0.25, 0.3) is 0 Å². The molecule has 1 aliphatic carbocycles. The number of allylic oxidation sites excluding steroid dienone is 1. The summed E-state index contributed by atoms with van der Waals surface area (Å²) >= 11 is 0. The fourth-order valence-corrected chi connectivity index (χ4v) is 1.91. The molecule has 3 aliphatic rings. The molecular formula is C8H11N3. The van der Waals surface area contributed by atoms with Crippen molar-refractivity contribution >= 4 is 0 Å². The standard InChI is InChI=1S/C8H11N3/c9-7-5-6-8(1-2-8)3-4-11(6)10-7/h3-5,7,10H,1-2,9H2. The number of rotatable bonds is 0. The summed E-state index contributed by atoms with van der Waals surface area (Å²) in [5, 5.41) is 2.05. The van der Waals surface area contributed by atoms with Gasteiger partial charge in [0, 0.05) is 17.3 Å². The van der Waals surface area contributed by atoms with Gasteiger partial charge in [0.15, 0.2) is 0 Å². The molecule has 0 aromatic carbocycles. The maximum atomic E-state index is 5.71. The fraction of sp³-hybridized carbons (Fsp3) is 0.500. The Kier molecular flexibility index (Phi) is 0.799. The lowest BCUT2D eigenvalue weighted by molar-refractivity contribution is 0.343. The highest BCUT2D eigenvalue weighted by atomic mass is 15.6. The molecule has 3 rings (SSSR count). The summed E-state index contributed by atoms with van der Waals surface area (Å²) in [6.07, 6.45) is 9.09. The molecule has 1 saturated carbocycles. The zero-order valence-electron chi connectivity index (χ0n) is 6.25. The Hall–Kier alpha value is -0.800. The van der Waals surface area contributed by atoms with Crippen LogP contribution in [0.4, 0.5) is 0 Å². The number of nitrogens with two attached hydrogens (primary N) is 1. The molecule has 11 heavy (non-hydrogen) atoms. The van der Waals surface area contributed by atoms with Crippen molar-refractivity contribution in [2.45, 2.75) is 19.0 Å². The lowest BCUT2D eigenvalue weighted by atomic mass is 10.1. The smallest absolute Gasteiger partial charge is 0.0939 e. The molecule has 0 aromatic rings. The number of hydrogen-bond acceptors (Lipinski definition) is 3. The average Bonchev–Trinajstić information content (AvgIpc) is 2.57. The van der Waals surface area contributed by atoms with E-state index in [1.807, 2.05) is 0 Å². The molecule has 2 heterocycles. The second-order valence-electron chi connectivity index (χ2n) is 3.55. The molecule has 3 heteroatoms. The minimum atomic E-state index is 0.0208. The van der Waals surface area contributed by atoms with Crippen molar-refractivity contribution in [3.63, 3.8) is 0 Å². The highest BCUT2D eigenvalue weighted by Crippen LogP contribution is 2.57. The average molecular weight is 149 g/mol. The van der Waals surface area contributed by atoms with Gasteiger partial charge in [-0.1, -0.05) is 6.08 Å². The molecule has 0 aromatic heterocycles. The third kappa shape index (κ3) is 0.600. The van der Waals surface area contributed by atoms with Crippen LogP contribution in [0.3, 0.4) is 0 Å². The summed E-state index contributed by atoms with van der Waals surface area (Å²) in [7, 11) is 0. The topological polar surface area (TPSA) is 41.3 Å². The predicted molar refractivity (Wildman–Crippen MR) is 41.8 cm³/mol. The van der Waals surface area contributed by atoms with Gasteiger partial charge >= 0.3 is 0 Å². The second kappa shape index (κ2) is 1.52. The molecule has 0 bridgehead atoms. The zero-order valence-corrected chi connectivity index (χ0v) is 6.25. The first-order chi connectivity index (χ1) is 5.30. The van der Waals surface area contributed by atoms with Crippen molar-refractivity contribution in [3.05, 3.63) is 24.0 Å². The van der Waals surface area contributed by atoms with Gasteiger partial charge in [-0.3, -0.25) is 5.01 Å². The van der Waals surface area contributed by atoms with E-state index in [4.69, 9.17) is 5.73 Å². The van der Waals surface area contributed by atoms with Crippen molar-refractivity contribution in [3.8, 4) is 0 Å². The molecule has 1 unspecified atom stereocenters. The summed E-state index contributed by atoms with van der Waals surface area (Å²) in [4.78, 5) is 0. The highest BCUT2D eigenvalue weighted by Gasteiger charge is 2.50. The molecule has 1 fully saturated rings. The summed E-state index contributed by atoms with van der Waals surface area (Å²) in [6.45, 7) is 0. The van der Waals surface area contributed by atoms with Crippen LogP contribution in [0, 0.1) is 5.41 Å². The Labute approximate surface area is 65.5 Å². The van der Waals surface area contributed by atoms with Gasteiger partial charge in [0.25, 0.3) is 0 Å². The Morgan fingerprint density at radius 1 is 1.64 bits per heavy atom. The number of hydrazine groups is 1. The van der Waals surface area contributed by atoms with Crippen LogP contribution in [0.1, 0.15) is 12.8 Å². The van der Waals surface area contributed by atoms with E-state index in [9.17, 15) is 0 Å². The molecular weight excluding hydrogens is 138 g/mol. The van der Waals surface area contributed by atoms with Gasteiger partial charge in [0.1, 0.15) is 0 Å². The maximum absolute atomic E-state index is 5.71. The number of hydrogen-bond donors (Lipinski definition) is 2. The number of fused-ring (bicyclic) bond motifs is 2. The van der Waals surface area contributed by atoms with E-state index < -0.39 is 0 Å². The molecule has 0 amide bonds. The van der Waals surface area contributed by atoms with Gasteiger partial charge in [0.2, 0.25) is 0 Å². The molecule has 1 spiro atoms. The molecule has 1 atom stereocenters. The molecule has 58 valence electrons. The van der Waals surface area contributed by atoms with Crippen LogP contribution in [-0.2, 0) is 0 Å². The first-order valence-electron chi connectivity index (χ1n) is 4.03. The number of nitrogens with zero attached hydrogens (tertiary/aromatic N) is 1. The minimum absolute atomic E-state index is 0.0208. The summed E-state index contributed by atoms with van der Waals surface area (Å²) in [6, 6.07) is 0. The lowest BCUT2D eigenvalue weighted by Gasteiger charge is -2.15. The SMILES string of the molecule is NC1C=C2N(C=CC23CC3)N1. The van der Waals surface area contributed by atoms with Crippen molar-refractivity contribution in [2.24, 2.45) is 11.1 Å². The quantitative estimate of drug-likeness (QED) is 0.520. The Morgan fingerprint density at radius 3 is 3.18 bits per heavy atom. The van der Waals surface area contributed by atoms with Crippen LogP contribution >= 0.6 is 0 Å². The van der Waals surface area contributed by atoms with Gasteiger partial charge in [-0.25, -0.2) is 5.43 Å². The molecule has 3 N–H and O–H groups in total. The van der Waals surface area contributed by atoms with Gasteiger partial charge in [-0.15, -0.1) is 0 Å². The van der Waals surface area contributed by atoms with Gasteiger partial charge in [-0.2, -0.15) is 0 Å². The normalized spacial score (nSPS) is 36.3. The van der Waals surface area contributed by atoms with E-state index in [0.29, 0.717) is 5.41 Å². The monoisotopic (exact) mass is 149 g/mol. The van der Waals surface area contributed by atoms with E-state index in [-0.39, 0.29) is 6.17 Å². The van der Waals surface area contributed by atoms with Gasteiger partial charge in [-0.05, 0) is 18.9 Å². The van der Waals surface area contributed by atoms with Crippen molar-refractivity contribution in [1.82, 2.24) is 10.4 Å². The van der Waals surface area contributed by atoms with Crippen molar-refractivity contribution in [2.75, 3.05) is 0 Å². The van der Waals surface area contributed by atoms with Crippen molar-refractivity contribution < 1.29 is 0 Å². The van der Waals surface area contributed by atoms with E-state index >= 15 is 0 Å². The third-order valence-electron chi connectivity index (χ3n) is 2.73. The largest absolute Gasteiger partial charge is 0.311 e. The van der Waals surface area contributed by atoms with Gasteiger partial charge in [0.05, 0.1) is 6.17 Å². The van der Waals surface area contributed by atoms with Crippen LogP contribution < -0.4 is 11.2 Å². The molecule has 0 saturated heterocycles. The number of nitrogens with one attached hydrogen (secondary N) is 1. The van der Waals surface area contributed by atoms with E-state index in [1.165, 1.54) is 18.5 Å². The summed E-state index contributed by atoms with van der Waals surface area (Å²) in [5.74, 6) is 0. The van der Waals surface area contributed by atoms with Crippen LogP contribution in [0.5, 0.6) is 0 Å². The lowest BCUT2D eigenvalue weighted by Crippen LogP contribution is -2.37. The Bertz CT molecular complexity index is 263. The van der Waals surface area contributed by atoms with E-state index in [1.54, 1.807) is 0 Å². The maximum Gasteiger partial charge on any atom is 0.0939 e. The molecule has 3 nitrogen and oxygen atoms in total. The van der Waals surface area contributed by atoms with E-state index in [0.717, 1.165) is 0 Å². The Morgan fingerprint density at radius 2 is 2.45 bits per heavy atom. The molecule has 2 aliphatic heterocycles. The summed E-state index contributed by atoms with van der Waals surface area (Å²) in [5.41, 5.74) is 10.6. The Balaban J connectivity index is 2.03. The molecule has 0 radical (unpaired) electrons. The second-order valence-corrected chi connectivity index (χ2v) is 3.55. The zero-order chi connectivity index (χ0) is 7.47. The third-order valence-corrected chi connectivity index (χ3v) is 2.73. The fourth-order valence-electron chi connectivity index (χ4n) is 1.91. The van der Waals surface area contributed by atoms with Crippen LogP contribution in [0.2, 0.25) is 0 Å². The van der Waals surface area contributed by atoms with Crippen LogP contribution in [-0.4, -0.2) is 11.2 Å².